The first-order valence-corrected chi connectivity index (χ1v) is 11.6. The van der Waals surface area contributed by atoms with Crippen LogP contribution in [0.3, 0.4) is 0 Å². The van der Waals surface area contributed by atoms with Gasteiger partial charge >= 0.3 is 0 Å². The average molecular weight is 459 g/mol. The Labute approximate surface area is 198 Å². The van der Waals surface area contributed by atoms with E-state index in [1.807, 2.05) is 96.4 Å². The van der Waals surface area contributed by atoms with Crippen LogP contribution >= 0.6 is 11.8 Å². The number of hydrogen-bond donors (Lipinski definition) is 1. The Morgan fingerprint density at radius 1 is 0.970 bits per heavy atom. The second-order valence-corrected chi connectivity index (χ2v) is 8.65. The molecule has 1 atom stereocenters. The Balaban J connectivity index is 1.66. The summed E-state index contributed by atoms with van der Waals surface area (Å²) in [6, 6.07) is 27.4. The standard InChI is InChI=1S/C26H26N4O2S/c1-19-13-15-22(16-14-19)27-25(31)23(20-9-5-3-6-10-20)33-26-29-28-24(30(26)17-18-32-2)21-11-7-4-8-12-21/h3-16,23H,17-18H2,1-2H3,(H,27,31). The van der Waals surface area contributed by atoms with Crippen molar-refractivity contribution in [1.82, 2.24) is 14.8 Å². The number of aryl methyl sites for hydroxylation is 1. The Morgan fingerprint density at radius 2 is 1.64 bits per heavy atom. The maximum Gasteiger partial charge on any atom is 0.242 e. The molecule has 6 nitrogen and oxygen atoms in total. The summed E-state index contributed by atoms with van der Waals surface area (Å²) in [4.78, 5) is 13.4. The summed E-state index contributed by atoms with van der Waals surface area (Å²) in [5, 5.41) is 12.1. The fourth-order valence-electron chi connectivity index (χ4n) is 3.41. The molecule has 3 aromatic carbocycles. The normalized spacial score (nSPS) is 11.8. The lowest BCUT2D eigenvalue weighted by Gasteiger charge is -2.18. The van der Waals surface area contributed by atoms with Gasteiger partial charge in [-0.2, -0.15) is 0 Å². The molecule has 1 heterocycles. The number of thioether (sulfide) groups is 1. The van der Waals surface area contributed by atoms with Gasteiger partial charge in [0, 0.05) is 18.4 Å². The van der Waals surface area contributed by atoms with E-state index in [2.05, 4.69) is 15.5 Å². The van der Waals surface area contributed by atoms with Gasteiger partial charge in [0.25, 0.3) is 0 Å². The first-order chi connectivity index (χ1) is 16.2. The predicted molar refractivity (Wildman–Crippen MR) is 132 cm³/mol. The van der Waals surface area contributed by atoms with Crippen molar-refractivity contribution in [3.63, 3.8) is 0 Å². The zero-order valence-corrected chi connectivity index (χ0v) is 19.5. The van der Waals surface area contributed by atoms with E-state index in [-0.39, 0.29) is 5.91 Å². The summed E-state index contributed by atoms with van der Waals surface area (Å²) >= 11 is 1.39. The maximum absolute atomic E-state index is 13.4. The molecule has 7 heteroatoms. The molecular formula is C26H26N4O2S. The van der Waals surface area contributed by atoms with Crippen molar-refractivity contribution in [2.24, 2.45) is 0 Å². The van der Waals surface area contributed by atoms with Gasteiger partial charge in [-0.25, -0.2) is 0 Å². The van der Waals surface area contributed by atoms with Crippen molar-refractivity contribution in [3.8, 4) is 11.4 Å². The number of methoxy groups -OCH3 is 1. The molecule has 4 aromatic rings. The van der Waals surface area contributed by atoms with Crippen LogP contribution < -0.4 is 5.32 Å². The topological polar surface area (TPSA) is 69.0 Å². The SMILES string of the molecule is COCCn1c(SC(C(=O)Nc2ccc(C)cc2)c2ccccc2)nnc1-c1ccccc1. The molecule has 168 valence electrons. The number of rotatable bonds is 9. The Hall–Kier alpha value is -3.42. The number of ether oxygens (including phenoxy) is 1. The molecule has 33 heavy (non-hydrogen) atoms. The van der Waals surface area contributed by atoms with Crippen LogP contribution in [0, 0.1) is 6.92 Å². The highest BCUT2D eigenvalue weighted by atomic mass is 32.2. The van der Waals surface area contributed by atoms with Crippen LogP contribution in [0.15, 0.2) is 90.1 Å². The van der Waals surface area contributed by atoms with E-state index in [0.29, 0.717) is 18.3 Å². The number of nitrogens with zero attached hydrogens (tertiary/aromatic N) is 3. The van der Waals surface area contributed by atoms with Crippen LogP contribution in [0.5, 0.6) is 0 Å². The Bertz CT molecular complexity index is 1180. The molecule has 1 N–H and O–H groups in total. The average Bonchev–Trinajstić information content (AvgIpc) is 3.26. The Kier molecular flexibility index (Phi) is 7.55. The molecule has 0 aliphatic rings. The molecule has 0 saturated carbocycles. The van der Waals surface area contributed by atoms with Gasteiger partial charge in [-0.05, 0) is 24.6 Å². The highest BCUT2D eigenvalue weighted by Gasteiger charge is 2.26. The van der Waals surface area contributed by atoms with Crippen molar-refractivity contribution in [1.29, 1.82) is 0 Å². The van der Waals surface area contributed by atoms with E-state index in [4.69, 9.17) is 4.74 Å². The summed E-state index contributed by atoms with van der Waals surface area (Å²) in [6.45, 7) is 3.11. The minimum absolute atomic E-state index is 0.113. The molecule has 0 bridgehead atoms. The number of carbonyl (C=O) groups excluding carboxylic acids is 1. The molecule has 0 spiro atoms. The zero-order valence-electron chi connectivity index (χ0n) is 18.6. The van der Waals surface area contributed by atoms with E-state index >= 15 is 0 Å². The second-order valence-electron chi connectivity index (χ2n) is 7.58. The number of aromatic nitrogens is 3. The fourth-order valence-corrected chi connectivity index (χ4v) is 4.47. The lowest BCUT2D eigenvalue weighted by atomic mass is 10.1. The lowest BCUT2D eigenvalue weighted by molar-refractivity contribution is -0.115. The first kappa shape index (κ1) is 22.8. The van der Waals surface area contributed by atoms with Crippen molar-refractivity contribution < 1.29 is 9.53 Å². The van der Waals surface area contributed by atoms with Gasteiger partial charge < -0.3 is 10.1 Å². The van der Waals surface area contributed by atoms with E-state index in [9.17, 15) is 4.79 Å². The number of nitrogens with one attached hydrogen (secondary N) is 1. The van der Waals surface area contributed by atoms with Gasteiger partial charge in [0.2, 0.25) is 5.91 Å². The van der Waals surface area contributed by atoms with E-state index in [1.54, 1.807) is 7.11 Å². The summed E-state index contributed by atoms with van der Waals surface area (Å²) in [5.41, 5.74) is 3.77. The van der Waals surface area contributed by atoms with Crippen LogP contribution in [0.1, 0.15) is 16.4 Å². The molecule has 0 fully saturated rings. The molecule has 1 aromatic heterocycles. The van der Waals surface area contributed by atoms with Crippen LogP contribution in [-0.4, -0.2) is 34.4 Å². The third-order valence-electron chi connectivity index (χ3n) is 5.15. The molecule has 0 saturated heterocycles. The number of benzene rings is 3. The highest BCUT2D eigenvalue weighted by molar-refractivity contribution is 8.00. The maximum atomic E-state index is 13.4. The van der Waals surface area contributed by atoms with Crippen LogP contribution in [0.25, 0.3) is 11.4 Å². The molecule has 4 rings (SSSR count). The molecule has 1 unspecified atom stereocenters. The summed E-state index contributed by atoms with van der Waals surface area (Å²) in [7, 11) is 1.67. The van der Waals surface area contributed by atoms with Gasteiger partial charge in [-0.15, -0.1) is 10.2 Å². The van der Waals surface area contributed by atoms with E-state index in [1.165, 1.54) is 11.8 Å². The first-order valence-electron chi connectivity index (χ1n) is 10.7. The quantitative estimate of drug-likeness (QED) is 0.342. The highest BCUT2D eigenvalue weighted by Crippen LogP contribution is 2.37. The van der Waals surface area contributed by atoms with Gasteiger partial charge in [0.1, 0.15) is 5.25 Å². The Morgan fingerprint density at radius 3 is 2.30 bits per heavy atom. The zero-order chi connectivity index (χ0) is 23.0. The molecule has 0 aliphatic carbocycles. The third kappa shape index (κ3) is 5.69. The third-order valence-corrected chi connectivity index (χ3v) is 6.39. The summed E-state index contributed by atoms with van der Waals surface area (Å²) < 4.78 is 7.33. The van der Waals surface area contributed by atoms with E-state index in [0.717, 1.165) is 28.2 Å². The number of amides is 1. The van der Waals surface area contributed by atoms with Gasteiger partial charge in [-0.1, -0.05) is 90.1 Å². The van der Waals surface area contributed by atoms with Crippen LogP contribution in [-0.2, 0) is 16.1 Å². The summed E-state index contributed by atoms with van der Waals surface area (Å²) in [5.74, 6) is 0.638. The second kappa shape index (κ2) is 10.9. The lowest BCUT2D eigenvalue weighted by Crippen LogP contribution is -2.20. The van der Waals surface area contributed by atoms with Crippen molar-refractivity contribution >= 4 is 23.4 Å². The molecule has 0 radical (unpaired) electrons. The molecule has 1 amide bonds. The van der Waals surface area contributed by atoms with E-state index < -0.39 is 5.25 Å². The van der Waals surface area contributed by atoms with Crippen LogP contribution in [0.2, 0.25) is 0 Å². The largest absolute Gasteiger partial charge is 0.383 e. The minimum atomic E-state index is -0.498. The van der Waals surface area contributed by atoms with Crippen LogP contribution in [0.4, 0.5) is 5.69 Å². The van der Waals surface area contributed by atoms with Gasteiger partial charge in [-0.3, -0.25) is 9.36 Å². The number of hydrogen-bond acceptors (Lipinski definition) is 5. The smallest absolute Gasteiger partial charge is 0.242 e. The minimum Gasteiger partial charge on any atom is -0.383 e. The fraction of sp³-hybridized carbons (Fsp3) is 0.192. The van der Waals surface area contributed by atoms with Crippen molar-refractivity contribution in [2.45, 2.75) is 23.9 Å². The number of carbonyl (C=O) groups is 1. The number of anilines is 1. The monoisotopic (exact) mass is 458 g/mol. The molecule has 0 aliphatic heterocycles. The van der Waals surface area contributed by atoms with Crippen molar-refractivity contribution in [2.75, 3.05) is 19.0 Å². The van der Waals surface area contributed by atoms with Gasteiger partial charge in [0.15, 0.2) is 11.0 Å². The van der Waals surface area contributed by atoms with Gasteiger partial charge in [0.05, 0.1) is 13.2 Å². The molecular weight excluding hydrogens is 432 g/mol. The summed E-state index contributed by atoms with van der Waals surface area (Å²) in [6.07, 6.45) is 0. The van der Waals surface area contributed by atoms with Crippen molar-refractivity contribution in [3.05, 3.63) is 96.1 Å². The predicted octanol–water partition coefficient (Wildman–Crippen LogP) is 5.37.